The quantitative estimate of drug-likeness (QED) is 0.330. The Hall–Kier alpha value is -2.00. The zero-order valence-electron chi connectivity index (χ0n) is 24.3. The van der Waals surface area contributed by atoms with Gasteiger partial charge in [0, 0.05) is 16.7 Å². The summed E-state index contributed by atoms with van der Waals surface area (Å²) in [6, 6.07) is 2.24. The summed E-state index contributed by atoms with van der Waals surface area (Å²) < 4.78 is 11.5. The number of ketones is 2. The molecule has 6 nitrogen and oxygen atoms in total. The van der Waals surface area contributed by atoms with Gasteiger partial charge in [-0.25, -0.2) is 0 Å². The van der Waals surface area contributed by atoms with Crippen molar-refractivity contribution in [1.82, 2.24) is 0 Å². The molecule has 38 heavy (non-hydrogen) atoms. The van der Waals surface area contributed by atoms with Crippen molar-refractivity contribution in [3.63, 3.8) is 0 Å². The largest absolute Gasteiger partial charge is 0.469 e. The standard InChI is InChI=1S/C32H43NO5/c1-26(2)11-13-31(25(36)37-8)14-12-29(6)22(18(31)16-26)19(34)15-21-28(29,5)10-9-20-27(3,4)23(35)32(17-33)24(38-32)30(20,21)7/h15,18,20,22,24H,9-14,16H2,1-8H3. The minimum atomic E-state index is -1.41. The molecule has 0 radical (unpaired) electrons. The van der Waals surface area contributed by atoms with Crippen LogP contribution >= 0.6 is 0 Å². The minimum absolute atomic E-state index is 0.00452. The van der Waals surface area contributed by atoms with Crippen LogP contribution in [0.2, 0.25) is 0 Å². The Morgan fingerprint density at radius 2 is 1.68 bits per heavy atom. The Bertz CT molecular complexity index is 1240. The number of allylic oxidation sites excluding steroid dienone is 1. The number of nitrogens with zero attached hydrogens (tertiary/aromatic N) is 1. The van der Waals surface area contributed by atoms with Crippen LogP contribution in [-0.2, 0) is 23.9 Å². The second kappa shape index (κ2) is 7.19. The lowest BCUT2D eigenvalue weighted by Gasteiger charge is -2.69. The molecule has 4 saturated carbocycles. The highest BCUT2D eigenvalue weighted by molar-refractivity contribution is 6.01. The summed E-state index contributed by atoms with van der Waals surface area (Å²) in [6.07, 6.45) is 7.16. The smallest absolute Gasteiger partial charge is 0.312 e. The van der Waals surface area contributed by atoms with Crippen molar-refractivity contribution in [2.45, 2.75) is 105 Å². The number of fused-ring (bicyclic) bond motifs is 9. The van der Waals surface area contributed by atoms with E-state index in [-0.39, 0.29) is 51.5 Å². The lowest BCUT2D eigenvalue weighted by atomic mass is 9.33. The van der Waals surface area contributed by atoms with Crippen LogP contribution in [0.3, 0.4) is 0 Å². The number of carbonyl (C=O) groups is 3. The molecule has 0 amide bonds. The van der Waals surface area contributed by atoms with Crippen molar-refractivity contribution in [1.29, 1.82) is 5.26 Å². The third-order valence-corrected chi connectivity index (χ3v) is 13.3. The molecule has 9 atom stereocenters. The lowest BCUT2D eigenvalue weighted by Crippen LogP contribution is -2.68. The predicted molar refractivity (Wildman–Crippen MR) is 140 cm³/mol. The molecule has 206 valence electrons. The van der Waals surface area contributed by atoms with Gasteiger partial charge in [0.1, 0.15) is 12.2 Å². The molecule has 6 aliphatic rings. The third-order valence-electron chi connectivity index (χ3n) is 13.3. The Labute approximate surface area is 226 Å². The maximum absolute atomic E-state index is 14.5. The Morgan fingerprint density at radius 1 is 1.03 bits per heavy atom. The molecular weight excluding hydrogens is 478 g/mol. The van der Waals surface area contributed by atoms with Crippen molar-refractivity contribution in [3.05, 3.63) is 11.6 Å². The van der Waals surface area contributed by atoms with Gasteiger partial charge in [-0.1, -0.05) is 54.0 Å². The van der Waals surface area contributed by atoms with Crippen molar-refractivity contribution in [2.75, 3.05) is 7.11 Å². The van der Waals surface area contributed by atoms with Gasteiger partial charge >= 0.3 is 5.97 Å². The van der Waals surface area contributed by atoms with Gasteiger partial charge in [-0.3, -0.25) is 14.4 Å². The van der Waals surface area contributed by atoms with Crippen LogP contribution in [0.4, 0.5) is 0 Å². The van der Waals surface area contributed by atoms with Gasteiger partial charge in [0.2, 0.25) is 5.60 Å². The monoisotopic (exact) mass is 521 g/mol. The molecule has 1 heterocycles. The summed E-state index contributed by atoms with van der Waals surface area (Å²) in [6.45, 7) is 15.2. The van der Waals surface area contributed by atoms with Gasteiger partial charge < -0.3 is 9.47 Å². The van der Waals surface area contributed by atoms with E-state index in [0.29, 0.717) is 0 Å². The van der Waals surface area contributed by atoms with Crippen LogP contribution in [0.15, 0.2) is 11.6 Å². The van der Waals surface area contributed by atoms with E-state index in [4.69, 9.17) is 9.47 Å². The summed E-state index contributed by atoms with van der Waals surface area (Å²) in [4.78, 5) is 41.4. The first-order chi connectivity index (χ1) is 17.5. The number of esters is 1. The first-order valence-electron chi connectivity index (χ1n) is 14.5. The van der Waals surface area contributed by atoms with Crippen LogP contribution < -0.4 is 0 Å². The van der Waals surface area contributed by atoms with Crippen LogP contribution in [0.1, 0.15) is 93.4 Å². The van der Waals surface area contributed by atoms with Crippen LogP contribution in [0.25, 0.3) is 0 Å². The average molecular weight is 522 g/mol. The molecule has 0 aromatic rings. The number of hydrogen-bond acceptors (Lipinski definition) is 6. The zero-order chi connectivity index (χ0) is 27.9. The number of hydrogen-bond donors (Lipinski definition) is 0. The van der Waals surface area contributed by atoms with Crippen molar-refractivity contribution >= 4 is 17.5 Å². The van der Waals surface area contributed by atoms with Crippen LogP contribution in [0, 0.1) is 61.6 Å². The maximum Gasteiger partial charge on any atom is 0.312 e. The SMILES string of the molecule is COC(=O)C12CCC(C)(C)CC1C1C(=O)C=C3C4(C)C(CCC3(C)C1(C)CC2)C(C)(C)C(=O)C1(C#N)OC14. The fourth-order valence-electron chi connectivity index (χ4n) is 11.0. The summed E-state index contributed by atoms with van der Waals surface area (Å²) in [5.74, 6) is -0.486. The molecule has 0 aromatic carbocycles. The van der Waals surface area contributed by atoms with Crippen LogP contribution in [0.5, 0.6) is 0 Å². The van der Waals surface area contributed by atoms with E-state index in [1.807, 2.05) is 19.9 Å². The Morgan fingerprint density at radius 3 is 2.32 bits per heavy atom. The van der Waals surface area contributed by atoms with E-state index in [1.165, 1.54) is 7.11 Å². The number of nitriles is 1. The second-order valence-electron chi connectivity index (χ2n) is 15.6. The fraction of sp³-hybridized carbons (Fsp3) is 0.812. The van der Waals surface area contributed by atoms with Gasteiger partial charge in [-0.15, -0.1) is 0 Å². The molecule has 0 N–H and O–H groups in total. The minimum Gasteiger partial charge on any atom is -0.469 e. The summed E-state index contributed by atoms with van der Waals surface area (Å²) in [7, 11) is 1.48. The van der Waals surface area contributed by atoms with Gasteiger partial charge in [0.15, 0.2) is 11.6 Å². The highest BCUT2D eigenvalue weighted by atomic mass is 16.6. The number of Topliss-reactive ketones (excluding diaryl/α,β-unsaturated/α-hetero) is 1. The Kier molecular flexibility index (Phi) is 4.97. The topological polar surface area (TPSA) is 96.8 Å². The molecule has 9 unspecified atom stereocenters. The maximum atomic E-state index is 14.5. The normalized spacial score (nSPS) is 51.6. The van der Waals surface area contributed by atoms with E-state index < -0.39 is 27.9 Å². The first kappa shape index (κ1) is 26.2. The third kappa shape index (κ3) is 2.66. The van der Waals surface area contributed by atoms with Gasteiger partial charge in [0.05, 0.1) is 12.5 Å². The molecule has 0 bridgehead atoms. The van der Waals surface area contributed by atoms with Gasteiger partial charge in [-0.2, -0.15) is 5.26 Å². The van der Waals surface area contributed by atoms with E-state index in [9.17, 15) is 19.6 Å². The van der Waals surface area contributed by atoms with E-state index in [1.54, 1.807) is 0 Å². The second-order valence-corrected chi connectivity index (χ2v) is 15.6. The summed E-state index contributed by atoms with van der Waals surface area (Å²) in [5.41, 5.74) is -2.83. The van der Waals surface area contributed by atoms with Gasteiger partial charge in [-0.05, 0) is 79.1 Å². The molecule has 5 fully saturated rings. The van der Waals surface area contributed by atoms with Crippen LogP contribution in [-0.4, -0.2) is 36.4 Å². The molecule has 0 spiro atoms. The molecule has 1 saturated heterocycles. The number of epoxide rings is 1. The summed E-state index contributed by atoms with van der Waals surface area (Å²) in [5, 5.41) is 10.1. The van der Waals surface area contributed by atoms with E-state index in [2.05, 4.69) is 40.7 Å². The molecule has 1 aliphatic heterocycles. The number of ether oxygens (including phenoxy) is 2. The zero-order valence-corrected chi connectivity index (χ0v) is 24.3. The highest BCUT2D eigenvalue weighted by Gasteiger charge is 2.82. The van der Waals surface area contributed by atoms with E-state index in [0.717, 1.165) is 50.5 Å². The summed E-state index contributed by atoms with van der Waals surface area (Å²) >= 11 is 0. The number of methoxy groups -OCH3 is 1. The molecule has 5 aliphatic carbocycles. The van der Waals surface area contributed by atoms with Crippen molar-refractivity contribution in [3.8, 4) is 6.07 Å². The molecular formula is C32H43NO5. The first-order valence-corrected chi connectivity index (χ1v) is 14.5. The predicted octanol–water partition coefficient (Wildman–Crippen LogP) is 5.59. The lowest BCUT2D eigenvalue weighted by molar-refractivity contribution is -0.192. The van der Waals surface area contributed by atoms with Gasteiger partial charge in [0.25, 0.3) is 0 Å². The molecule has 6 heteroatoms. The number of carbonyl (C=O) groups excluding carboxylic acids is 3. The number of rotatable bonds is 1. The van der Waals surface area contributed by atoms with E-state index >= 15 is 0 Å². The molecule has 6 rings (SSSR count). The van der Waals surface area contributed by atoms with Crippen molar-refractivity contribution < 1.29 is 23.9 Å². The Balaban J connectivity index is 1.52. The van der Waals surface area contributed by atoms with Crippen molar-refractivity contribution in [2.24, 2.45) is 50.2 Å². The average Bonchev–Trinajstić information content (AvgIpc) is 3.61. The molecule has 0 aromatic heterocycles. The highest BCUT2D eigenvalue weighted by Crippen LogP contribution is 2.77. The fourth-order valence-corrected chi connectivity index (χ4v) is 11.0.